The molecule has 0 aliphatic heterocycles. The van der Waals surface area contributed by atoms with E-state index in [1.165, 1.54) is 148 Å². The summed E-state index contributed by atoms with van der Waals surface area (Å²) in [7, 11) is 0. The molecule has 0 aromatic carbocycles. The molecule has 2 amide bonds. The highest BCUT2D eigenvalue weighted by Crippen LogP contribution is 2.17. The molecule has 1 unspecified atom stereocenters. The van der Waals surface area contributed by atoms with Crippen LogP contribution in [0.1, 0.15) is 221 Å². The standard InChI is InChI=1S/C44H89N3O2/c1-7-13-18-22-26-30-35-46(36-31-27-23-19-14-8-2)43(48)40-45(39-42(12-6)34-17-11-5)41-44(49)47(37-32-28-24-20-15-9-3)38-33-29-25-21-16-10-4/h42H,7-41H2,1-6H3. The molecule has 0 saturated carbocycles. The molecule has 0 saturated heterocycles. The Morgan fingerprint density at radius 3 is 0.959 bits per heavy atom. The van der Waals surface area contributed by atoms with E-state index in [1.807, 2.05) is 0 Å². The molecular formula is C44H89N3O2. The SMILES string of the molecule is CCCCCCCCN(CCCCCCCC)C(=O)CN(CC(=O)N(CCCCCCCC)CCCCCCCC)CC(CC)CCCC. The molecule has 0 aromatic heterocycles. The first kappa shape index (κ1) is 47.9. The normalized spacial score (nSPS) is 12.1. The van der Waals surface area contributed by atoms with E-state index in [2.05, 4.69) is 56.2 Å². The van der Waals surface area contributed by atoms with Gasteiger partial charge in [-0.3, -0.25) is 14.5 Å². The van der Waals surface area contributed by atoms with Gasteiger partial charge in [0.25, 0.3) is 0 Å². The van der Waals surface area contributed by atoms with Gasteiger partial charge in [-0.2, -0.15) is 0 Å². The van der Waals surface area contributed by atoms with Crippen molar-refractivity contribution in [1.82, 2.24) is 14.7 Å². The number of carbonyl (C=O) groups is 2. The summed E-state index contributed by atoms with van der Waals surface area (Å²) in [6.07, 6.45) is 34.6. The van der Waals surface area contributed by atoms with Gasteiger partial charge in [-0.15, -0.1) is 0 Å². The molecule has 292 valence electrons. The van der Waals surface area contributed by atoms with E-state index in [4.69, 9.17) is 0 Å². The third-order valence-corrected chi connectivity index (χ3v) is 10.6. The van der Waals surface area contributed by atoms with Crippen LogP contribution in [0.5, 0.6) is 0 Å². The number of unbranched alkanes of at least 4 members (excludes halogenated alkanes) is 21. The summed E-state index contributed by atoms with van der Waals surface area (Å²) in [5.74, 6) is 1.04. The highest BCUT2D eigenvalue weighted by molar-refractivity contribution is 5.81. The van der Waals surface area contributed by atoms with E-state index < -0.39 is 0 Å². The highest BCUT2D eigenvalue weighted by atomic mass is 16.2. The van der Waals surface area contributed by atoms with Crippen molar-refractivity contribution in [2.45, 2.75) is 221 Å². The van der Waals surface area contributed by atoms with Crippen LogP contribution < -0.4 is 0 Å². The van der Waals surface area contributed by atoms with E-state index >= 15 is 0 Å². The zero-order valence-electron chi connectivity index (χ0n) is 34.5. The van der Waals surface area contributed by atoms with Crippen molar-refractivity contribution in [2.75, 3.05) is 45.8 Å². The fourth-order valence-electron chi connectivity index (χ4n) is 7.10. The van der Waals surface area contributed by atoms with E-state index in [0.29, 0.717) is 19.0 Å². The fraction of sp³-hybridized carbons (Fsp3) is 0.955. The Balaban J connectivity index is 5.66. The minimum atomic E-state index is 0.249. The minimum Gasteiger partial charge on any atom is -0.342 e. The quantitative estimate of drug-likeness (QED) is 0.0605. The largest absolute Gasteiger partial charge is 0.342 e. The molecule has 49 heavy (non-hydrogen) atoms. The third-order valence-electron chi connectivity index (χ3n) is 10.6. The second kappa shape index (κ2) is 36.7. The van der Waals surface area contributed by atoms with Gasteiger partial charge in [0, 0.05) is 32.7 Å². The number of amides is 2. The van der Waals surface area contributed by atoms with Gasteiger partial charge in [0.15, 0.2) is 0 Å². The number of carbonyl (C=O) groups excluding carboxylic acids is 2. The van der Waals surface area contributed by atoms with Crippen LogP contribution in [0.15, 0.2) is 0 Å². The van der Waals surface area contributed by atoms with Crippen LogP contribution in [-0.4, -0.2) is 72.3 Å². The Labute approximate surface area is 308 Å². The van der Waals surface area contributed by atoms with E-state index in [-0.39, 0.29) is 11.8 Å². The van der Waals surface area contributed by atoms with Crippen LogP contribution in [0.2, 0.25) is 0 Å². The van der Waals surface area contributed by atoms with Crippen molar-refractivity contribution >= 4 is 11.8 Å². The van der Waals surface area contributed by atoms with Crippen LogP contribution in [0, 0.1) is 5.92 Å². The Bertz CT molecular complexity index is 632. The monoisotopic (exact) mass is 692 g/mol. The van der Waals surface area contributed by atoms with Crippen molar-refractivity contribution in [3.63, 3.8) is 0 Å². The number of rotatable bonds is 38. The molecule has 5 nitrogen and oxygen atoms in total. The molecule has 0 rings (SSSR count). The van der Waals surface area contributed by atoms with Gasteiger partial charge in [0.05, 0.1) is 13.1 Å². The zero-order valence-corrected chi connectivity index (χ0v) is 34.5. The zero-order chi connectivity index (χ0) is 36.2. The van der Waals surface area contributed by atoms with Gasteiger partial charge in [-0.05, 0) is 38.0 Å². The third kappa shape index (κ3) is 29.2. The molecule has 0 radical (unpaired) electrons. The fourth-order valence-corrected chi connectivity index (χ4v) is 7.10. The second-order valence-electron chi connectivity index (χ2n) is 15.4. The average molecular weight is 692 g/mol. The maximum atomic E-state index is 14.1. The number of nitrogens with zero attached hydrogens (tertiary/aromatic N) is 3. The van der Waals surface area contributed by atoms with E-state index in [0.717, 1.165) is 64.8 Å². The Morgan fingerprint density at radius 2 is 0.673 bits per heavy atom. The Morgan fingerprint density at radius 1 is 0.388 bits per heavy atom. The molecule has 0 aromatic rings. The summed E-state index contributed by atoms with van der Waals surface area (Å²) in [5, 5.41) is 0. The average Bonchev–Trinajstić information content (AvgIpc) is 3.10. The van der Waals surface area contributed by atoms with Crippen LogP contribution in [-0.2, 0) is 9.59 Å². The summed E-state index contributed by atoms with van der Waals surface area (Å²) in [5.41, 5.74) is 0. The molecule has 5 heteroatoms. The molecular weight excluding hydrogens is 603 g/mol. The minimum absolute atomic E-state index is 0.249. The molecule has 1 atom stereocenters. The Hall–Kier alpha value is -1.10. The summed E-state index contributed by atoms with van der Waals surface area (Å²) >= 11 is 0. The first-order valence-electron chi connectivity index (χ1n) is 22.2. The lowest BCUT2D eigenvalue weighted by Crippen LogP contribution is -2.47. The van der Waals surface area contributed by atoms with Crippen molar-refractivity contribution in [1.29, 1.82) is 0 Å². The van der Waals surface area contributed by atoms with E-state index in [1.54, 1.807) is 0 Å². The predicted octanol–water partition coefficient (Wildman–Crippen LogP) is 12.6. The van der Waals surface area contributed by atoms with Crippen LogP contribution in [0.25, 0.3) is 0 Å². The van der Waals surface area contributed by atoms with Gasteiger partial charge < -0.3 is 9.80 Å². The van der Waals surface area contributed by atoms with Gasteiger partial charge in [0.1, 0.15) is 0 Å². The first-order chi connectivity index (χ1) is 24.0. The second-order valence-corrected chi connectivity index (χ2v) is 15.4. The lowest BCUT2D eigenvalue weighted by atomic mass is 9.98. The van der Waals surface area contributed by atoms with Crippen molar-refractivity contribution in [3.8, 4) is 0 Å². The molecule has 0 N–H and O–H groups in total. The van der Waals surface area contributed by atoms with Crippen molar-refractivity contribution < 1.29 is 9.59 Å². The maximum Gasteiger partial charge on any atom is 0.236 e. The van der Waals surface area contributed by atoms with E-state index in [9.17, 15) is 9.59 Å². The summed E-state index contributed by atoms with van der Waals surface area (Å²) < 4.78 is 0. The maximum absolute atomic E-state index is 14.1. The topological polar surface area (TPSA) is 43.9 Å². The molecule has 0 fully saturated rings. The highest BCUT2D eigenvalue weighted by Gasteiger charge is 2.24. The molecule has 0 aliphatic carbocycles. The lowest BCUT2D eigenvalue weighted by molar-refractivity contribution is -0.136. The van der Waals surface area contributed by atoms with Gasteiger partial charge >= 0.3 is 0 Å². The van der Waals surface area contributed by atoms with Crippen LogP contribution >= 0.6 is 0 Å². The van der Waals surface area contributed by atoms with Crippen molar-refractivity contribution in [3.05, 3.63) is 0 Å². The predicted molar refractivity (Wildman–Crippen MR) is 216 cm³/mol. The van der Waals surface area contributed by atoms with Gasteiger partial charge in [0.2, 0.25) is 11.8 Å². The molecule has 0 spiro atoms. The first-order valence-corrected chi connectivity index (χ1v) is 22.2. The Kier molecular flexibility index (Phi) is 35.9. The summed E-state index contributed by atoms with van der Waals surface area (Å²) in [6.45, 7) is 18.8. The number of hydrogen-bond donors (Lipinski definition) is 0. The molecule has 0 aliphatic rings. The smallest absolute Gasteiger partial charge is 0.236 e. The van der Waals surface area contributed by atoms with Gasteiger partial charge in [-0.25, -0.2) is 0 Å². The molecule has 0 bridgehead atoms. The van der Waals surface area contributed by atoms with Crippen LogP contribution in [0.3, 0.4) is 0 Å². The number of hydrogen-bond acceptors (Lipinski definition) is 3. The van der Waals surface area contributed by atoms with Crippen LogP contribution in [0.4, 0.5) is 0 Å². The lowest BCUT2D eigenvalue weighted by Gasteiger charge is -2.32. The molecule has 0 heterocycles. The summed E-state index contributed by atoms with van der Waals surface area (Å²) in [6, 6.07) is 0. The summed E-state index contributed by atoms with van der Waals surface area (Å²) in [4.78, 5) is 34.8. The van der Waals surface area contributed by atoms with Crippen molar-refractivity contribution in [2.24, 2.45) is 5.92 Å². The van der Waals surface area contributed by atoms with Gasteiger partial charge in [-0.1, -0.05) is 189 Å².